The van der Waals surface area contributed by atoms with E-state index in [4.69, 9.17) is 4.74 Å². The van der Waals surface area contributed by atoms with E-state index < -0.39 is 4.87 Å². The van der Waals surface area contributed by atoms with Crippen molar-refractivity contribution in [3.8, 4) is 5.75 Å². The molecule has 3 aromatic carbocycles. The van der Waals surface area contributed by atoms with Crippen LogP contribution >= 0.6 is 11.8 Å². The first kappa shape index (κ1) is 20.6. The zero-order chi connectivity index (χ0) is 22.3. The lowest BCUT2D eigenvalue weighted by atomic mass is 10.0. The molecular weight excluding hydrogens is 427 g/mol. The molecule has 1 spiro atoms. The molecule has 2 amide bonds. The SMILES string of the molecule is COc1ccc2c(c1)C1(SCCN1C(=O)c1ccccc1)C(=O)N2Cc1cccc(F)c1. The van der Waals surface area contributed by atoms with Gasteiger partial charge in [-0.1, -0.05) is 30.3 Å². The van der Waals surface area contributed by atoms with E-state index in [-0.39, 0.29) is 24.2 Å². The third-order valence-electron chi connectivity index (χ3n) is 5.90. The van der Waals surface area contributed by atoms with Crippen molar-refractivity contribution in [3.05, 3.63) is 95.3 Å². The van der Waals surface area contributed by atoms with Gasteiger partial charge in [0, 0.05) is 23.4 Å². The van der Waals surface area contributed by atoms with Crippen molar-refractivity contribution >= 4 is 29.3 Å². The van der Waals surface area contributed by atoms with E-state index in [0.717, 1.165) is 5.56 Å². The molecule has 0 aromatic heterocycles. The number of methoxy groups -OCH3 is 1. The van der Waals surface area contributed by atoms with E-state index in [1.165, 1.54) is 23.9 Å². The van der Waals surface area contributed by atoms with Crippen LogP contribution in [-0.2, 0) is 16.2 Å². The predicted octanol–water partition coefficient (Wildman–Crippen LogP) is 4.42. The summed E-state index contributed by atoms with van der Waals surface area (Å²) in [4.78, 5) is 29.6. The highest BCUT2D eigenvalue weighted by Gasteiger charge is 2.59. The number of hydrogen-bond acceptors (Lipinski definition) is 4. The molecule has 0 saturated carbocycles. The molecule has 1 saturated heterocycles. The number of halogens is 1. The number of benzene rings is 3. The van der Waals surface area contributed by atoms with Crippen molar-refractivity contribution < 1.29 is 18.7 Å². The summed E-state index contributed by atoms with van der Waals surface area (Å²) in [6.45, 7) is 0.667. The van der Waals surface area contributed by atoms with E-state index in [2.05, 4.69) is 0 Å². The number of fused-ring (bicyclic) bond motifs is 2. The molecule has 0 N–H and O–H groups in total. The lowest BCUT2D eigenvalue weighted by Gasteiger charge is -2.33. The average Bonchev–Trinajstić information content (AvgIpc) is 3.36. The second-order valence-electron chi connectivity index (χ2n) is 7.72. The van der Waals surface area contributed by atoms with Gasteiger partial charge in [-0.2, -0.15) is 0 Å². The summed E-state index contributed by atoms with van der Waals surface area (Å²) in [5.74, 6) is 0.509. The monoisotopic (exact) mass is 448 g/mol. The zero-order valence-electron chi connectivity index (χ0n) is 17.5. The van der Waals surface area contributed by atoms with Crippen molar-refractivity contribution in [2.75, 3.05) is 24.3 Å². The molecule has 162 valence electrons. The minimum Gasteiger partial charge on any atom is -0.497 e. The van der Waals surface area contributed by atoms with Crippen molar-refractivity contribution in [2.45, 2.75) is 11.4 Å². The van der Waals surface area contributed by atoms with Crippen LogP contribution in [0.4, 0.5) is 10.1 Å². The van der Waals surface area contributed by atoms with Crippen molar-refractivity contribution in [3.63, 3.8) is 0 Å². The predicted molar refractivity (Wildman–Crippen MR) is 122 cm³/mol. The Hall–Kier alpha value is -3.32. The van der Waals surface area contributed by atoms with Gasteiger partial charge in [0.15, 0.2) is 4.87 Å². The minimum atomic E-state index is -1.18. The Labute approximate surface area is 189 Å². The maximum atomic E-state index is 14.0. The second kappa shape index (κ2) is 7.98. The molecular formula is C25H21FN2O3S. The number of amides is 2. The van der Waals surface area contributed by atoms with E-state index in [1.807, 2.05) is 30.3 Å². The van der Waals surface area contributed by atoms with Gasteiger partial charge in [-0.25, -0.2) is 4.39 Å². The minimum absolute atomic E-state index is 0.190. The van der Waals surface area contributed by atoms with Gasteiger partial charge in [-0.15, -0.1) is 11.8 Å². The highest BCUT2D eigenvalue weighted by molar-refractivity contribution is 8.01. The zero-order valence-corrected chi connectivity index (χ0v) is 18.3. The number of carbonyl (C=O) groups is 2. The molecule has 2 aliphatic rings. The van der Waals surface area contributed by atoms with Crippen LogP contribution in [0.5, 0.6) is 5.75 Å². The number of carbonyl (C=O) groups excluding carboxylic acids is 2. The average molecular weight is 449 g/mol. The molecule has 5 rings (SSSR count). The summed E-state index contributed by atoms with van der Waals surface area (Å²) in [5.41, 5.74) is 2.65. The summed E-state index contributed by atoms with van der Waals surface area (Å²) in [5, 5.41) is 0. The van der Waals surface area contributed by atoms with Gasteiger partial charge in [0.05, 0.1) is 19.3 Å². The third-order valence-corrected chi connectivity index (χ3v) is 7.32. The lowest BCUT2D eigenvalue weighted by Crippen LogP contribution is -2.50. The fourth-order valence-electron chi connectivity index (χ4n) is 4.43. The lowest BCUT2D eigenvalue weighted by molar-refractivity contribution is -0.123. The topological polar surface area (TPSA) is 49.9 Å². The second-order valence-corrected chi connectivity index (χ2v) is 9.01. The fraction of sp³-hybridized carbons (Fsp3) is 0.200. The first-order valence-corrected chi connectivity index (χ1v) is 11.3. The molecule has 1 atom stereocenters. The quantitative estimate of drug-likeness (QED) is 0.593. The molecule has 0 aliphatic carbocycles. The van der Waals surface area contributed by atoms with Crippen molar-refractivity contribution in [1.82, 2.24) is 4.90 Å². The molecule has 2 heterocycles. The van der Waals surface area contributed by atoms with E-state index in [0.29, 0.717) is 34.9 Å². The molecule has 32 heavy (non-hydrogen) atoms. The largest absolute Gasteiger partial charge is 0.497 e. The highest BCUT2D eigenvalue weighted by atomic mass is 32.2. The Morgan fingerprint density at radius 3 is 2.66 bits per heavy atom. The number of hydrogen-bond donors (Lipinski definition) is 0. The van der Waals surface area contributed by atoms with Gasteiger partial charge in [-0.3, -0.25) is 9.59 Å². The summed E-state index contributed by atoms with van der Waals surface area (Å²) in [6, 6.07) is 20.7. The molecule has 1 fully saturated rings. The number of nitrogens with zero attached hydrogens (tertiary/aromatic N) is 2. The van der Waals surface area contributed by atoms with Crippen molar-refractivity contribution in [2.24, 2.45) is 0 Å². The summed E-state index contributed by atoms with van der Waals surface area (Å²) in [6.07, 6.45) is 0. The molecule has 0 bridgehead atoms. The van der Waals surface area contributed by atoms with Crippen LogP contribution in [-0.4, -0.2) is 36.1 Å². The standard InChI is InChI=1S/C25H21FN2O3S/c1-31-20-10-11-22-21(15-20)25(24(30)27(22)16-17-6-5-9-19(26)14-17)28(12-13-32-25)23(29)18-7-3-2-4-8-18/h2-11,14-15H,12-13,16H2,1H3. The molecule has 7 heteroatoms. The molecule has 2 aliphatic heterocycles. The fourth-order valence-corrected chi connectivity index (χ4v) is 5.88. The maximum Gasteiger partial charge on any atom is 0.268 e. The number of anilines is 1. The van der Waals surface area contributed by atoms with E-state index in [9.17, 15) is 14.0 Å². The van der Waals surface area contributed by atoms with Crippen LogP contribution in [0, 0.1) is 5.82 Å². The molecule has 1 unspecified atom stereocenters. The Kier molecular flexibility index (Phi) is 5.13. The first-order chi connectivity index (χ1) is 15.5. The summed E-state index contributed by atoms with van der Waals surface area (Å²) < 4.78 is 19.2. The normalized spacial score (nSPS) is 19.5. The Bertz CT molecular complexity index is 1200. The Balaban J connectivity index is 1.62. The smallest absolute Gasteiger partial charge is 0.268 e. The van der Waals surface area contributed by atoms with E-state index >= 15 is 0 Å². The van der Waals surface area contributed by atoms with Gasteiger partial charge in [0.1, 0.15) is 11.6 Å². The van der Waals surface area contributed by atoms with Crippen LogP contribution in [0.1, 0.15) is 21.5 Å². The molecule has 3 aromatic rings. The number of ether oxygens (including phenoxy) is 1. The Morgan fingerprint density at radius 2 is 1.91 bits per heavy atom. The maximum absolute atomic E-state index is 14.0. The van der Waals surface area contributed by atoms with Gasteiger partial charge in [-0.05, 0) is 48.0 Å². The number of thioether (sulfide) groups is 1. The van der Waals surface area contributed by atoms with Gasteiger partial charge < -0.3 is 14.5 Å². The number of rotatable bonds is 4. The van der Waals surface area contributed by atoms with Gasteiger partial charge in [0.25, 0.3) is 11.8 Å². The highest BCUT2D eigenvalue weighted by Crippen LogP contribution is 2.55. The molecule has 0 radical (unpaired) electrons. The summed E-state index contributed by atoms with van der Waals surface area (Å²) >= 11 is 1.46. The van der Waals surface area contributed by atoms with E-state index in [1.54, 1.807) is 47.2 Å². The Morgan fingerprint density at radius 1 is 1.09 bits per heavy atom. The van der Waals surface area contributed by atoms with Gasteiger partial charge in [0.2, 0.25) is 0 Å². The van der Waals surface area contributed by atoms with Crippen LogP contribution in [0.2, 0.25) is 0 Å². The van der Waals surface area contributed by atoms with Crippen LogP contribution in [0.3, 0.4) is 0 Å². The van der Waals surface area contributed by atoms with Crippen LogP contribution in [0.15, 0.2) is 72.8 Å². The molecule has 5 nitrogen and oxygen atoms in total. The summed E-state index contributed by atoms with van der Waals surface area (Å²) in [7, 11) is 1.57. The van der Waals surface area contributed by atoms with Crippen LogP contribution < -0.4 is 9.64 Å². The van der Waals surface area contributed by atoms with Crippen LogP contribution in [0.25, 0.3) is 0 Å². The third kappa shape index (κ3) is 3.15. The van der Waals surface area contributed by atoms with Gasteiger partial charge >= 0.3 is 0 Å². The first-order valence-electron chi connectivity index (χ1n) is 10.3. The van der Waals surface area contributed by atoms with Crippen molar-refractivity contribution in [1.29, 1.82) is 0 Å².